The molecule has 3 rings (SSSR count). The van der Waals surface area contributed by atoms with E-state index in [0.717, 1.165) is 10.5 Å². The number of amides is 4. The molecule has 0 aliphatic carbocycles. The van der Waals surface area contributed by atoms with Crippen molar-refractivity contribution in [1.82, 2.24) is 15.5 Å². The van der Waals surface area contributed by atoms with Crippen LogP contribution in [0.2, 0.25) is 5.02 Å². The number of halogens is 1. The van der Waals surface area contributed by atoms with Gasteiger partial charge in [-0.25, -0.2) is 4.79 Å². The van der Waals surface area contributed by atoms with Crippen LogP contribution in [0.3, 0.4) is 0 Å². The Hall–Kier alpha value is -3.26. The number of ether oxygens (including phenoxy) is 2. The third-order valence-electron chi connectivity index (χ3n) is 5.69. The smallest absolute Gasteiger partial charge is 0.325 e. The minimum atomic E-state index is -1.21. The summed E-state index contributed by atoms with van der Waals surface area (Å²) in [6, 6.07) is 11.8. The molecule has 1 aliphatic rings. The quantitative estimate of drug-likeness (QED) is 0.471. The normalized spacial score (nSPS) is 17.5. The second-order valence-corrected chi connectivity index (χ2v) is 8.27. The van der Waals surface area contributed by atoms with Gasteiger partial charge in [-0.15, -0.1) is 0 Å². The number of carbonyl (C=O) groups is 3. The molecule has 1 saturated heterocycles. The summed E-state index contributed by atoms with van der Waals surface area (Å²) in [5, 5.41) is 6.07. The van der Waals surface area contributed by atoms with Crippen LogP contribution < -0.4 is 20.1 Å². The average molecular weight is 488 g/mol. The maximum atomic E-state index is 13.2. The largest absolute Gasteiger partial charge is 0.490 e. The van der Waals surface area contributed by atoms with Crippen LogP contribution in [0.25, 0.3) is 0 Å². The Kier molecular flexibility index (Phi) is 8.39. The fraction of sp³-hybridized carbons (Fsp3) is 0.400. The highest BCUT2D eigenvalue weighted by molar-refractivity contribution is 6.30. The Balaban J connectivity index is 1.60. The lowest BCUT2D eigenvalue weighted by Crippen LogP contribution is -2.45. The molecule has 2 aromatic carbocycles. The Bertz CT molecular complexity index is 1040. The van der Waals surface area contributed by atoms with Crippen LogP contribution in [0.1, 0.15) is 38.3 Å². The van der Waals surface area contributed by atoms with Crippen molar-refractivity contribution in [3.63, 3.8) is 0 Å². The molecule has 1 aliphatic heterocycles. The monoisotopic (exact) mass is 487 g/mol. The van der Waals surface area contributed by atoms with Gasteiger partial charge in [0.05, 0.1) is 13.2 Å². The zero-order valence-electron chi connectivity index (χ0n) is 19.7. The Labute approximate surface area is 204 Å². The zero-order valence-corrected chi connectivity index (χ0v) is 20.4. The Morgan fingerprint density at radius 3 is 2.35 bits per heavy atom. The van der Waals surface area contributed by atoms with Crippen molar-refractivity contribution in [2.45, 2.75) is 39.2 Å². The fourth-order valence-corrected chi connectivity index (χ4v) is 4.07. The van der Waals surface area contributed by atoms with Gasteiger partial charge >= 0.3 is 6.03 Å². The maximum Gasteiger partial charge on any atom is 0.325 e. The van der Waals surface area contributed by atoms with Crippen LogP contribution >= 0.6 is 11.6 Å². The third kappa shape index (κ3) is 5.44. The van der Waals surface area contributed by atoms with Crippen LogP contribution in [0.4, 0.5) is 4.79 Å². The molecule has 0 bridgehead atoms. The first kappa shape index (κ1) is 25.4. The molecule has 1 fully saturated rings. The van der Waals surface area contributed by atoms with Crippen molar-refractivity contribution in [2.24, 2.45) is 0 Å². The molecule has 8 nitrogen and oxygen atoms in total. The summed E-state index contributed by atoms with van der Waals surface area (Å²) >= 11 is 5.96. The van der Waals surface area contributed by atoms with Gasteiger partial charge in [-0.1, -0.05) is 36.7 Å². The van der Waals surface area contributed by atoms with Crippen molar-refractivity contribution < 1.29 is 23.9 Å². The van der Waals surface area contributed by atoms with Crippen molar-refractivity contribution in [3.8, 4) is 11.5 Å². The number of nitrogens with zero attached hydrogens (tertiary/aromatic N) is 1. The van der Waals surface area contributed by atoms with Crippen molar-refractivity contribution in [3.05, 3.63) is 58.6 Å². The van der Waals surface area contributed by atoms with E-state index in [-0.39, 0.29) is 6.54 Å². The van der Waals surface area contributed by atoms with Crippen LogP contribution in [0, 0.1) is 0 Å². The molecule has 34 heavy (non-hydrogen) atoms. The highest BCUT2D eigenvalue weighted by Gasteiger charge is 2.51. The van der Waals surface area contributed by atoms with Crippen molar-refractivity contribution >= 4 is 29.4 Å². The molecule has 0 saturated carbocycles. The maximum absolute atomic E-state index is 13.2. The van der Waals surface area contributed by atoms with Crippen LogP contribution in [-0.4, -0.2) is 49.0 Å². The number of benzene rings is 2. The molecule has 0 aromatic heterocycles. The predicted octanol–water partition coefficient (Wildman–Crippen LogP) is 3.65. The molecule has 1 atom stereocenters. The molecule has 1 unspecified atom stereocenters. The first-order valence-corrected chi connectivity index (χ1v) is 11.8. The first-order valence-electron chi connectivity index (χ1n) is 11.4. The van der Waals surface area contributed by atoms with Gasteiger partial charge in [0.25, 0.3) is 5.91 Å². The van der Waals surface area contributed by atoms with E-state index >= 15 is 0 Å². The standard InChI is InChI=1S/C25H30ClN3O5/c1-4-25(18-8-10-19(26)11-9-18)23(31)29(24(32)28-25)16-22(30)27-14-13-17-7-12-20(33-5-2)21(15-17)34-6-3/h7-12,15H,4-6,13-14,16H2,1-3H3,(H,27,30)(H,28,32). The van der Waals surface area contributed by atoms with Crippen molar-refractivity contribution in [2.75, 3.05) is 26.3 Å². The number of nitrogens with one attached hydrogen (secondary N) is 2. The summed E-state index contributed by atoms with van der Waals surface area (Å²) in [6.07, 6.45) is 0.902. The summed E-state index contributed by atoms with van der Waals surface area (Å²) in [5.74, 6) is 0.467. The van der Waals surface area contributed by atoms with E-state index in [1.807, 2.05) is 39.0 Å². The minimum Gasteiger partial charge on any atom is -0.490 e. The van der Waals surface area contributed by atoms with Gasteiger partial charge in [0, 0.05) is 11.6 Å². The molecule has 182 valence electrons. The molecular formula is C25H30ClN3O5. The molecule has 0 radical (unpaired) electrons. The second-order valence-electron chi connectivity index (χ2n) is 7.83. The van der Waals surface area contributed by atoms with E-state index in [1.165, 1.54) is 0 Å². The minimum absolute atomic E-state index is 0.344. The SMILES string of the molecule is CCOc1ccc(CCNC(=O)CN2C(=O)NC(CC)(c3ccc(Cl)cc3)C2=O)cc1OCC. The third-order valence-corrected chi connectivity index (χ3v) is 5.94. The van der Waals surface area contributed by atoms with Gasteiger partial charge in [-0.3, -0.25) is 14.5 Å². The van der Waals surface area contributed by atoms with E-state index < -0.39 is 23.4 Å². The van der Waals surface area contributed by atoms with Gasteiger partial charge in [-0.2, -0.15) is 0 Å². The highest BCUT2D eigenvalue weighted by atomic mass is 35.5. The van der Waals surface area contributed by atoms with E-state index in [1.54, 1.807) is 24.3 Å². The Morgan fingerprint density at radius 1 is 1.03 bits per heavy atom. The molecule has 1 heterocycles. The highest BCUT2D eigenvalue weighted by Crippen LogP contribution is 2.33. The molecular weight excluding hydrogens is 458 g/mol. The summed E-state index contributed by atoms with van der Waals surface area (Å²) in [4.78, 5) is 39.2. The summed E-state index contributed by atoms with van der Waals surface area (Å²) in [7, 11) is 0. The van der Waals surface area contributed by atoms with E-state index in [4.69, 9.17) is 21.1 Å². The number of hydrogen-bond acceptors (Lipinski definition) is 5. The summed E-state index contributed by atoms with van der Waals surface area (Å²) in [6.45, 7) is 6.66. The average Bonchev–Trinajstić information content (AvgIpc) is 3.06. The van der Waals surface area contributed by atoms with Gasteiger partial charge in [-0.05, 0) is 62.1 Å². The van der Waals surface area contributed by atoms with Gasteiger partial charge < -0.3 is 20.1 Å². The zero-order chi connectivity index (χ0) is 24.7. The number of hydrogen-bond donors (Lipinski definition) is 2. The van der Waals surface area contributed by atoms with Gasteiger partial charge in [0.15, 0.2) is 11.5 Å². The van der Waals surface area contributed by atoms with Gasteiger partial charge in [0.2, 0.25) is 5.91 Å². The number of carbonyl (C=O) groups excluding carboxylic acids is 3. The predicted molar refractivity (Wildman–Crippen MR) is 129 cm³/mol. The number of rotatable bonds is 11. The molecule has 2 aromatic rings. The fourth-order valence-electron chi connectivity index (χ4n) is 3.94. The molecule has 2 N–H and O–H groups in total. The van der Waals surface area contributed by atoms with Crippen LogP contribution in [0.5, 0.6) is 11.5 Å². The molecule has 0 spiro atoms. The van der Waals surface area contributed by atoms with Crippen LogP contribution in [0.15, 0.2) is 42.5 Å². The van der Waals surface area contributed by atoms with E-state index in [2.05, 4.69) is 10.6 Å². The molecule has 9 heteroatoms. The van der Waals surface area contributed by atoms with Gasteiger partial charge in [0.1, 0.15) is 12.1 Å². The lowest BCUT2D eigenvalue weighted by Gasteiger charge is -2.25. The second kappa shape index (κ2) is 11.2. The van der Waals surface area contributed by atoms with E-state index in [0.29, 0.717) is 54.7 Å². The number of urea groups is 1. The topological polar surface area (TPSA) is 97.0 Å². The summed E-state index contributed by atoms with van der Waals surface area (Å²) in [5.41, 5.74) is 0.385. The molecule has 4 amide bonds. The summed E-state index contributed by atoms with van der Waals surface area (Å²) < 4.78 is 11.2. The number of imide groups is 1. The first-order chi connectivity index (χ1) is 16.3. The lowest BCUT2D eigenvalue weighted by atomic mass is 9.87. The van der Waals surface area contributed by atoms with Crippen molar-refractivity contribution in [1.29, 1.82) is 0 Å². The van der Waals surface area contributed by atoms with E-state index in [9.17, 15) is 14.4 Å². The Morgan fingerprint density at radius 2 is 1.71 bits per heavy atom. The van der Waals surface area contributed by atoms with Crippen LogP contribution in [-0.2, 0) is 21.5 Å². The lowest BCUT2D eigenvalue weighted by molar-refractivity contribution is -0.135.